The summed E-state index contributed by atoms with van der Waals surface area (Å²) < 4.78 is 1.55. The van der Waals surface area contributed by atoms with Crippen molar-refractivity contribution >= 4 is 17.2 Å². The molecule has 1 fully saturated rings. The van der Waals surface area contributed by atoms with Crippen molar-refractivity contribution in [2.45, 2.75) is 32.7 Å². The highest BCUT2D eigenvalue weighted by atomic mass is 16.1. The minimum atomic E-state index is -0.238. The molecular weight excluding hydrogens is 500 g/mol. The number of nitriles is 1. The molecule has 1 N–H and O–H groups in total. The van der Waals surface area contributed by atoms with Crippen molar-refractivity contribution in [1.82, 2.24) is 29.6 Å². The van der Waals surface area contributed by atoms with E-state index >= 15 is 0 Å². The van der Waals surface area contributed by atoms with Crippen LogP contribution in [0.1, 0.15) is 59.2 Å². The van der Waals surface area contributed by atoms with Gasteiger partial charge in [0, 0.05) is 55.7 Å². The number of carbonyl (C=O) groups excluding carboxylic acids is 1. The molecule has 1 amide bonds. The van der Waals surface area contributed by atoms with Gasteiger partial charge in [0.15, 0.2) is 5.65 Å². The van der Waals surface area contributed by atoms with Gasteiger partial charge in [0.05, 0.1) is 11.6 Å². The first-order valence-corrected chi connectivity index (χ1v) is 13.3. The molecule has 9 nitrogen and oxygen atoms in total. The Balaban J connectivity index is 1.38. The van der Waals surface area contributed by atoms with Crippen LogP contribution in [0, 0.1) is 23.2 Å². The average Bonchev–Trinajstić information content (AvgIpc) is 3.35. The lowest BCUT2D eigenvalue weighted by Gasteiger charge is -2.34. The van der Waals surface area contributed by atoms with E-state index in [-0.39, 0.29) is 11.3 Å². The number of fused-ring (bicyclic) bond motifs is 1. The van der Waals surface area contributed by atoms with Crippen molar-refractivity contribution in [2.75, 3.05) is 38.5 Å². The fraction of sp³-hybridized carbons (Fsp3) is 0.323. The summed E-state index contributed by atoms with van der Waals surface area (Å²) in [7, 11) is 2.16. The molecule has 0 radical (unpaired) electrons. The molecule has 40 heavy (non-hydrogen) atoms. The van der Waals surface area contributed by atoms with Gasteiger partial charge in [0.1, 0.15) is 0 Å². The number of nitrogens with zero attached hydrogens (tertiary/aromatic N) is 7. The minimum absolute atomic E-state index is 0.123. The van der Waals surface area contributed by atoms with Crippen LogP contribution in [0.15, 0.2) is 54.7 Å². The molecule has 9 heteroatoms. The number of amides is 1. The second kappa shape index (κ2) is 11.3. The van der Waals surface area contributed by atoms with E-state index in [9.17, 15) is 10.1 Å². The predicted octanol–water partition coefficient (Wildman–Crippen LogP) is 3.69. The van der Waals surface area contributed by atoms with Gasteiger partial charge in [-0.25, -0.2) is 0 Å². The van der Waals surface area contributed by atoms with Crippen LogP contribution in [0.2, 0.25) is 0 Å². The summed E-state index contributed by atoms with van der Waals surface area (Å²) in [6.07, 6.45) is 1.63. The summed E-state index contributed by atoms with van der Waals surface area (Å²) >= 11 is 0. The number of hydrogen-bond donors (Lipinski definition) is 1. The van der Waals surface area contributed by atoms with Crippen LogP contribution in [0.25, 0.3) is 5.65 Å². The number of piperazine rings is 1. The molecule has 2 aromatic carbocycles. The molecular formula is C31H32N8O. The molecule has 3 heterocycles. The van der Waals surface area contributed by atoms with Crippen molar-refractivity contribution in [3.05, 3.63) is 88.4 Å². The SMILES string of the molecule is CN1CCN(Cc2ccc(C(=O)Nc3cc(C#N)cc(C#Cc4nnc5cccnn45)c3)cc2C(C)(C)C)CC1. The second-order valence-corrected chi connectivity index (χ2v) is 11.1. The molecule has 0 bridgehead atoms. The first-order valence-electron chi connectivity index (χ1n) is 13.3. The van der Waals surface area contributed by atoms with Gasteiger partial charge < -0.3 is 10.2 Å². The lowest BCUT2D eigenvalue weighted by Crippen LogP contribution is -2.44. The van der Waals surface area contributed by atoms with Gasteiger partial charge in [-0.15, -0.1) is 10.2 Å². The minimum Gasteiger partial charge on any atom is -0.322 e. The van der Waals surface area contributed by atoms with E-state index in [0.717, 1.165) is 38.3 Å². The lowest BCUT2D eigenvalue weighted by molar-refractivity contribution is 0.102. The van der Waals surface area contributed by atoms with E-state index in [1.165, 1.54) is 5.56 Å². The van der Waals surface area contributed by atoms with Crippen molar-refractivity contribution in [2.24, 2.45) is 0 Å². The fourth-order valence-electron chi connectivity index (χ4n) is 4.79. The smallest absolute Gasteiger partial charge is 0.255 e. The number of nitrogens with one attached hydrogen (secondary N) is 1. The molecule has 0 spiro atoms. The molecule has 0 saturated carbocycles. The fourth-order valence-corrected chi connectivity index (χ4v) is 4.79. The molecule has 1 aliphatic heterocycles. The summed E-state index contributed by atoms with van der Waals surface area (Å²) in [6, 6.07) is 16.7. The van der Waals surface area contributed by atoms with Crippen LogP contribution < -0.4 is 5.32 Å². The van der Waals surface area contributed by atoms with E-state index in [1.807, 2.05) is 12.1 Å². The number of rotatable bonds is 4. The summed E-state index contributed by atoms with van der Waals surface area (Å²) in [5.74, 6) is 6.13. The molecule has 1 saturated heterocycles. The van der Waals surface area contributed by atoms with Gasteiger partial charge in [0.25, 0.3) is 5.91 Å². The van der Waals surface area contributed by atoms with Crippen molar-refractivity contribution < 1.29 is 4.79 Å². The number of hydrogen-bond acceptors (Lipinski definition) is 7. The molecule has 202 valence electrons. The highest BCUT2D eigenvalue weighted by Gasteiger charge is 2.23. The maximum atomic E-state index is 13.4. The standard InChI is InChI=1S/C31H32N8O/c1-31(2,3)27-19-24(8-9-25(27)21-38-14-12-37(4)13-15-38)30(40)34-26-17-22(16-23(18-26)20-32)7-10-29-36-35-28-6-5-11-33-39(28)29/h5-6,8-9,11,16-19H,12-15,21H2,1-4H3,(H,34,40). The Labute approximate surface area is 234 Å². The van der Waals surface area contributed by atoms with Crippen LogP contribution in [0.4, 0.5) is 5.69 Å². The second-order valence-electron chi connectivity index (χ2n) is 11.1. The van der Waals surface area contributed by atoms with Crippen LogP contribution in [0.5, 0.6) is 0 Å². The zero-order chi connectivity index (χ0) is 28.3. The van der Waals surface area contributed by atoms with Gasteiger partial charge in [0.2, 0.25) is 5.82 Å². The number of likely N-dealkylation sites (N-methyl/N-ethyl adjacent to an activating group) is 1. The van der Waals surface area contributed by atoms with Gasteiger partial charge in [-0.3, -0.25) is 9.69 Å². The average molecular weight is 533 g/mol. The van der Waals surface area contributed by atoms with Crippen LogP contribution in [-0.2, 0) is 12.0 Å². The Morgan fingerprint density at radius 2 is 1.77 bits per heavy atom. The quantitative estimate of drug-likeness (QED) is 0.400. The van der Waals surface area contributed by atoms with Crippen molar-refractivity contribution in [1.29, 1.82) is 5.26 Å². The van der Waals surface area contributed by atoms with Gasteiger partial charge in [-0.1, -0.05) is 32.8 Å². The summed E-state index contributed by atoms with van der Waals surface area (Å²) in [4.78, 5) is 18.2. The first-order chi connectivity index (χ1) is 19.2. The maximum absolute atomic E-state index is 13.4. The Morgan fingerprint density at radius 3 is 2.52 bits per heavy atom. The van der Waals surface area contributed by atoms with Gasteiger partial charge >= 0.3 is 0 Å². The first kappa shape index (κ1) is 27.0. The third kappa shape index (κ3) is 6.18. The highest BCUT2D eigenvalue weighted by molar-refractivity contribution is 6.04. The molecule has 0 unspecified atom stereocenters. The molecule has 1 aliphatic rings. The molecule has 0 aliphatic carbocycles. The number of aromatic nitrogens is 4. The van der Waals surface area contributed by atoms with Gasteiger partial charge in [-0.2, -0.15) is 14.9 Å². The number of benzene rings is 2. The van der Waals surface area contributed by atoms with Crippen LogP contribution in [0.3, 0.4) is 0 Å². The Kier molecular flexibility index (Phi) is 7.61. The van der Waals surface area contributed by atoms with Crippen LogP contribution >= 0.6 is 0 Å². The summed E-state index contributed by atoms with van der Waals surface area (Å²) in [6.45, 7) is 11.6. The van der Waals surface area contributed by atoms with Crippen LogP contribution in [-0.4, -0.2) is 68.7 Å². The zero-order valence-electron chi connectivity index (χ0n) is 23.3. The van der Waals surface area contributed by atoms with Gasteiger partial charge in [-0.05, 0) is 72.0 Å². The molecule has 5 rings (SSSR count). The summed E-state index contributed by atoms with van der Waals surface area (Å²) in [5.41, 5.74) is 4.90. The molecule has 2 aromatic heterocycles. The predicted molar refractivity (Wildman–Crippen MR) is 154 cm³/mol. The zero-order valence-corrected chi connectivity index (χ0v) is 23.3. The lowest BCUT2D eigenvalue weighted by atomic mass is 9.82. The van der Waals surface area contributed by atoms with E-state index < -0.39 is 0 Å². The number of anilines is 1. The topological polar surface area (TPSA) is 102 Å². The highest BCUT2D eigenvalue weighted by Crippen LogP contribution is 2.29. The largest absolute Gasteiger partial charge is 0.322 e. The molecule has 0 atom stereocenters. The maximum Gasteiger partial charge on any atom is 0.255 e. The van der Waals surface area contributed by atoms with E-state index in [4.69, 9.17) is 0 Å². The Bertz CT molecular complexity index is 1660. The summed E-state index contributed by atoms with van der Waals surface area (Å²) in [5, 5.41) is 24.9. The Morgan fingerprint density at radius 1 is 1.00 bits per heavy atom. The third-order valence-electron chi connectivity index (χ3n) is 6.99. The third-order valence-corrected chi connectivity index (χ3v) is 6.99. The van der Waals surface area contributed by atoms with E-state index in [2.05, 4.69) is 82.2 Å². The van der Waals surface area contributed by atoms with Crippen molar-refractivity contribution in [3.63, 3.8) is 0 Å². The number of carbonyl (C=O) groups is 1. The van der Waals surface area contributed by atoms with Crippen molar-refractivity contribution in [3.8, 4) is 17.9 Å². The van der Waals surface area contributed by atoms with E-state index in [0.29, 0.717) is 33.8 Å². The normalized spacial score (nSPS) is 14.4. The Hall–Kier alpha value is -4.57. The monoisotopic (exact) mass is 532 g/mol. The molecule has 4 aromatic rings. The van der Waals surface area contributed by atoms with E-state index in [1.54, 1.807) is 41.0 Å².